The van der Waals surface area contributed by atoms with Crippen molar-refractivity contribution in [2.45, 2.75) is 112 Å². The van der Waals surface area contributed by atoms with Gasteiger partial charge < -0.3 is 10.6 Å². The molecule has 6 nitrogen and oxygen atoms in total. The van der Waals surface area contributed by atoms with E-state index in [1.165, 1.54) is 11.0 Å². The fraction of sp³-hybridized carbons (Fsp3) is 0.679. The van der Waals surface area contributed by atoms with E-state index in [2.05, 4.69) is 10.6 Å². The highest BCUT2D eigenvalue weighted by atomic mass is 35.5. The third-order valence-electron chi connectivity index (χ3n) is 9.65. The maximum atomic E-state index is 15.4. The fourth-order valence-electron chi connectivity index (χ4n) is 8.53. The van der Waals surface area contributed by atoms with Crippen molar-refractivity contribution >= 4 is 35.1 Å². The van der Waals surface area contributed by atoms with Crippen molar-refractivity contribution in [3.8, 4) is 0 Å². The number of guanidine groups is 1. The van der Waals surface area contributed by atoms with Crippen LogP contribution in [0, 0.1) is 10.8 Å². The summed E-state index contributed by atoms with van der Waals surface area (Å²) in [5.41, 5.74) is -8.40. The second kappa shape index (κ2) is 8.55. The number of carbonyl (C=O) groups is 2. The Morgan fingerprint density at radius 3 is 2.08 bits per heavy atom. The standard InChI is InChI=1S/C28H32ClF5N4O2/c1-23(9-19(39)38(22(35)37-23)16-5-7-28(33,34)8-6-16)17-3-2-4-18(20(17)29)36-21(40)24-10-25(30)13-26(31,11-24)15-27(32,12-24)14-25/h2-4,16H,5-15H2,1H3,(H2,35,37)(H,36,40)/t23-,24?,25?,26?,27?/m0/s1. The molecule has 7 rings (SSSR count). The summed E-state index contributed by atoms with van der Waals surface area (Å²) in [4.78, 5) is 28.0. The number of benzene rings is 1. The van der Waals surface area contributed by atoms with E-state index in [0.29, 0.717) is 5.56 Å². The summed E-state index contributed by atoms with van der Waals surface area (Å²) < 4.78 is 73.6. The lowest BCUT2D eigenvalue weighted by atomic mass is 9.46. The summed E-state index contributed by atoms with van der Waals surface area (Å²) in [6.45, 7) is 1.67. The van der Waals surface area contributed by atoms with Gasteiger partial charge in [0.2, 0.25) is 17.7 Å². The minimum absolute atomic E-state index is 0.0711. The molecule has 1 heterocycles. The second-order valence-electron chi connectivity index (χ2n) is 13.2. The monoisotopic (exact) mass is 586 g/mol. The number of nitrogens with one attached hydrogen (secondary N) is 3. The van der Waals surface area contributed by atoms with Crippen LogP contribution in [0.15, 0.2) is 18.2 Å². The summed E-state index contributed by atoms with van der Waals surface area (Å²) in [5.74, 6) is -4.09. The van der Waals surface area contributed by atoms with Crippen molar-refractivity contribution in [3.63, 3.8) is 0 Å². The number of hydrogen-bond acceptors (Lipinski definition) is 3. The molecule has 5 saturated carbocycles. The minimum Gasteiger partial charge on any atom is -0.346 e. The summed E-state index contributed by atoms with van der Waals surface area (Å²) in [6, 6.07) is 4.24. The molecular formula is C28H32ClF5N4O2. The Balaban J connectivity index is 1.22. The van der Waals surface area contributed by atoms with Crippen LogP contribution in [0.5, 0.6) is 0 Å². The molecule has 218 valence electrons. The van der Waals surface area contributed by atoms with E-state index in [0.717, 1.165) is 0 Å². The first-order valence-corrected chi connectivity index (χ1v) is 14.1. The van der Waals surface area contributed by atoms with Crippen molar-refractivity contribution in [1.82, 2.24) is 10.2 Å². The molecule has 1 aromatic rings. The van der Waals surface area contributed by atoms with Gasteiger partial charge in [0.25, 0.3) is 0 Å². The topological polar surface area (TPSA) is 85.3 Å². The van der Waals surface area contributed by atoms with Crippen LogP contribution in [0.1, 0.15) is 83.1 Å². The zero-order valence-electron chi connectivity index (χ0n) is 22.1. The number of amides is 2. The maximum Gasteiger partial charge on any atom is 0.248 e. The number of halogens is 6. The maximum absolute atomic E-state index is 15.4. The Morgan fingerprint density at radius 2 is 1.55 bits per heavy atom. The number of nitrogens with zero attached hydrogens (tertiary/aromatic N) is 1. The van der Waals surface area contributed by atoms with E-state index in [4.69, 9.17) is 17.0 Å². The Bertz CT molecular complexity index is 1230. The smallest absolute Gasteiger partial charge is 0.248 e. The lowest BCUT2D eigenvalue weighted by Gasteiger charge is -2.62. The summed E-state index contributed by atoms with van der Waals surface area (Å²) in [5, 5.41) is 14.3. The number of hydrogen-bond donors (Lipinski definition) is 3. The molecule has 2 amide bonds. The zero-order valence-corrected chi connectivity index (χ0v) is 22.9. The van der Waals surface area contributed by atoms with Crippen molar-refractivity contribution in [2.24, 2.45) is 5.41 Å². The van der Waals surface area contributed by atoms with Crippen molar-refractivity contribution in [2.75, 3.05) is 5.32 Å². The average molecular weight is 587 g/mol. The van der Waals surface area contributed by atoms with E-state index >= 15 is 13.2 Å². The average Bonchev–Trinajstić information content (AvgIpc) is 2.77. The first-order chi connectivity index (χ1) is 18.5. The molecule has 40 heavy (non-hydrogen) atoms. The second-order valence-corrected chi connectivity index (χ2v) is 13.6. The minimum atomic E-state index is -2.77. The summed E-state index contributed by atoms with van der Waals surface area (Å²) in [6.07, 6.45) is -2.62. The first-order valence-electron chi connectivity index (χ1n) is 13.7. The van der Waals surface area contributed by atoms with Gasteiger partial charge in [-0.15, -0.1) is 0 Å². The predicted molar refractivity (Wildman–Crippen MR) is 139 cm³/mol. The Labute approximate surface area is 233 Å². The van der Waals surface area contributed by atoms with Gasteiger partial charge in [0.1, 0.15) is 17.0 Å². The number of rotatable bonds is 4. The SMILES string of the molecule is C[C@@]1(c2cccc(NC(=O)C34CC5(F)CC(F)(CC(F)(C5)C3)C4)c2Cl)CC(=O)N(C2CCC(F)(F)CC2)C(=N)N1. The van der Waals surface area contributed by atoms with Crippen LogP contribution in [0.25, 0.3) is 0 Å². The van der Waals surface area contributed by atoms with E-state index in [-0.39, 0.29) is 68.0 Å². The summed E-state index contributed by atoms with van der Waals surface area (Å²) in [7, 11) is 0. The van der Waals surface area contributed by atoms with Gasteiger partial charge in [0.15, 0.2) is 5.96 Å². The third kappa shape index (κ3) is 4.47. The lowest BCUT2D eigenvalue weighted by Crippen LogP contribution is -2.67. The van der Waals surface area contributed by atoms with E-state index in [1.807, 2.05) is 0 Å². The van der Waals surface area contributed by atoms with Crippen LogP contribution in [0.4, 0.5) is 27.6 Å². The van der Waals surface area contributed by atoms with Gasteiger partial charge in [0.05, 0.1) is 28.1 Å². The van der Waals surface area contributed by atoms with Crippen LogP contribution in [0.2, 0.25) is 5.02 Å². The van der Waals surface area contributed by atoms with E-state index in [1.54, 1.807) is 19.1 Å². The van der Waals surface area contributed by atoms with Crippen molar-refractivity contribution in [3.05, 3.63) is 28.8 Å². The highest BCUT2D eigenvalue weighted by Crippen LogP contribution is 2.68. The fourth-order valence-corrected chi connectivity index (χ4v) is 8.91. The van der Waals surface area contributed by atoms with Crippen LogP contribution >= 0.6 is 11.6 Å². The quantitative estimate of drug-likeness (QED) is 0.361. The molecule has 6 fully saturated rings. The van der Waals surface area contributed by atoms with Crippen molar-refractivity contribution in [1.29, 1.82) is 5.41 Å². The Hall–Kier alpha value is -2.43. The number of carbonyl (C=O) groups excluding carboxylic acids is 2. The van der Waals surface area contributed by atoms with Gasteiger partial charge in [-0.2, -0.15) is 0 Å². The van der Waals surface area contributed by atoms with Gasteiger partial charge in [-0.25, -0.2) is 22.0 Å². The van der Waals surface area contributed by atoms with Gasteiger partial charge in [0, 0.05) is 38.1 Å². The number of alkyl halides is 5. The molecule has 12 heteroatoms. The van der Waals surface area contributed by atoms with Crippen LogP contribution in [0.3, 0.4) is 0 Å². The molecule has 1 atom stereocenters. The molecule has 1 saturated heterocycles. The van der Waals surface area contributed by atoms with Crippen LogP contribution in [-0.2, 0) is 15.1 Å². The van der Waals surface area contributed by atoms with Crippen LogP contribution < -0.4 is 10.6 Å². The van der Waals surface area contributed by atoms with Crippen LogP contribution in [-0.4, -0.2) is 51.6 Å². The lowest BCUT2D eigenvalue weighted by molar-refractivity contribution is -0.214. The summed E-state index contributed by atoms with van der Waals surface area (Å²) >= 11 is 6.72. The Kier molecular flexibility index (Phi) is 5.93. The molecular weight excluding hydrogens is 555 g/mol. The van der Waals surface area contributed by atoms with Gasteiger partial charge in [-0.3, -0.25) is 19.9 Å². The molecule has 0 aromatic heterocycles. The molecule has 0 radical (unpaired) electrons. The molecule has 1 aliphatic heterocycles. The Morgan fingerprint density at radius 1 is 1.00 bits per heavy atom. The van der Waals surface area contributed by atoms with Crippen molar-refractivity contribution < 1.29 is 31.5 Å². The highest BCUT2D eigenvalue weighted by Gasteiger charge is 2.72. The molecule has 6 aliphatic rings. The molecule has 5 aliphatic carbocycles. The van der Waals surface area contributed by atoms with Gasteiger partial charge in [-0.1, -0.05) is 23.7 Å². The predicted octanol–water partition coefficient (Wildman–Crippen LogP) is 6.32. The third-order valence-corrected chi connectivity index (χ3v) is 10.1. The molecule has 0 spiro atoms. The molecule has 1 aromatic carbocycles. The van der Waals surface area contributed by atoms with Gasteiger partial charge in [-0.05, 0) is 50.7 Å². The zero-order chi connectivity index (χ0) is 28.9. The van der Waals surface area contributed by atoms with E-state index in [9.17, 15) is 18.4 Å². The molecule has 4 bridgehead atoms. The number of anilines is 1. The normalized spacial score (nSPS) is 40.7. The van der Waals surface area contributed by atoms with E-state index < -0.39 is 71.0 Å². The van der Waals surface area contributed by atoms with Gasteiger partial charge >= 0.3 is 0 Å². The highest BCUT2D eigenvalue weighted by molar-refractivity contribution is 6.34. The first kappa shape index (κ1) is 27.7. The molecule has 0 unspecified atom stereocenters. The molecule has 3 N–H and O–H groups in total. The largest absolute Gasteiger partial charge is 0.346 e.